The van der Waals surface area contributed by atoms with Gasteiger partial charge in [0, 0.05) is 46.7 Å². The Balaban J connectivity index is 0.00000280. The van der Waals surface area contributed by atoms with Crippen LogP contribution in [0.1, 0.15) is 29.5 Å². The number of guanidine groups is 1. The molecule has 0 unspecified atom stereocenters. The third kappa shape index (κ3) is 5.95. The average molecular weight is 492 g/mol. The minimum absolute atomic E-state index is 0. The molecule has 0 aliphatic carbocycles. The topological polar surface area (TPSA) is 47.9 Å². The summed E-state index contributed by atoms with van der Waals surface area (Å²) in [5.41, 5.74) is 3.64. The summed E-state index contributed by atoms with van der Waals surface area (Å²) in [4.78, 5) is 20.4. The number of hydrogen-bond acceptors (Lipinski definition) is 2. The fourth-order valence-electron chi connectivity index (χ4n) is 3.45. The van der Waals surface area contributed by atoms with E-state index < -0.39 is 0 Å². The highest BCUT2D eigenvalue weighted by molar-refractivity contribution is 14.0. The SMILES string of the molecule is CN=C(NCc1ccccc1CN1CCCC1=O)N(C)Cc1ccccc1.I. The number of nitrogens with zero attached hydrogens (tertiary/aromatic N) is 3. The number of nitrogens with one attached hydrogen (secondary N) is 1. The first-order chi connectivity index (χ1) is 13.2. The van der Waals surface area contributed by atoms with E-state index in [0.717, 1.165) is 25.5 Å². The molecule has 3 rings (SSSR count). The van der Waals surface area contributed by atoms with Crippen LogP contribution in [0.3, 0.4) is 0 Å². The van der Waals surface area contributed by atoms with E-state index in [9.17, 15) is 4.79 Å². The normalized spacial score (nSPS) is 14.0. The van der Waals surface area contributed by atoms with Gasteiger partial charge in [-0.3, -0.25) is 9.79 Å². The molecule has 1 fully saturated rings. The van der Waals surface area contributed by atoms with Gasteiger partial charge in [0.15, 0.2) is 5.96 Å². The average Bonchev–Trinajstić information content (AvgIpc) is 3.09. The van der Waals surface area contributed by atoms with Crippen molar-refractivity contribution < 1.29 is 4.79 Å². The third-order valence-electron chi connectivity index (χ3n) is 4.92. The van der Waals surface area contributed by atoms with Gasteiger partial charge in [-0.15, -0.1) is 24.0 Å². The first kappa shape index (κ1) is 22.2. The van der Waals surface area contributed by atoms with E-state index in [0.29, 0.717) is 19.5 Å². The molecule has 0 spiro atoms. The molecule has 28 heavy (non-hydrogen) atoms. The number of amides is 1. The second-order valence-corrected chi connectivity index (χ2v) is 6.93. The van der Waals surface area contributed by atoms with E-state index in [1.807, 2.05) is 30.1 Å². The summed E-state index contributed by atoms with van der Waals surface area (Å²) in [6.45, 7) is 3.03. The summed E-state index contributed by atoms with van der Waals surface area (Å²) in [6.07, 6.45) is 1.65. The van der Waals surface area contributed by atoms with Crippen LogP contribution >= 0.6 is 24.0 Å². The van der Waals surface area contributed by atoms with Gasteiger partial charge in [0.1, 0.15) is 0 Å². The molecule has 0 radical (unpaired) electrons. The number of rotatable bonds is 6. The molecule has 5 nitrogen and oxygen atoms in total. The minimum Gasteiger partial charge on any atom is -0.352 e. The lowest BCUT2D eigenvalue weighted by molar-refractivity contribution is -0.128. The van der Waals surface area contributed by atoms with Crippen LogP contribution in [-0.4, -0.2) is 42.3 Å². The van der Waals surface area contributed by atoms with E-state index in [2.05, 4.69) is 51.6 Å². The van der Waals surface area contributed by atoms with Gasteiger partial charge in [0.2, 0.25) is 5.91 Å². The van der Waals surface area contributed by atoms with Crippen molar-refractivity contribution in [2.45, 2.75) is 32.5 Å². The standard InChI is InChI=1S/C22H28N4O.HI/c1-23-22(25(2)16-18-9-4-3-5-10-18)24-15-19-11-6-7-12-20(19)17-26-14-8-13-21(26)27;/h3-7,9-12H,8,13-17H2,1-2H3,(H,23,24);1H. The Hall–Kier alpha value is -2.09. The summed E-state index contributed by atoms with van der Waals surface area (Å²) in [5.74, 6) is 1.11. The quantitative estimate of drug-likeness (QED) is 0.381. The number of aliphatic imine (C=N–C) groups is 1. The van der Waals surface area contributed by atoms with Gasteiger partial charge < -0.3 is 15.1 Å². The van der Waals surface area contributed by atoms with Crippen LogP contribution in [0, 0.1) is 0 Å². The zero-order valence-electron chi connectivity index (χ0n) is 16.6. The number of hydrogen-bond donors (Lipinski definition) is 1. The largest absolute Gasteiger partial charge is 0.352 e. The summed E-state index contributed by atoms with van der Waals surface area (Å²) in [7, 11) is 3.84. The third-order valence-corrected chi connectivity index (χ3v) is 4.92. The molecular weight excluding hydrogens is 463 g/mol. The van der Waals surface area contributed by atoms with Gasteiger partial charge in [-0.2, -0.15) is 0 Å². The molecule has 1 heterocycles. The number of benzene rings is 2. The van der Waals surface area contributed by atoms with Crippen LogP contribution in [0.25, 0.3) is 0 Å². The number of likely N-dealkylation sites (tertiary alicyclic amines) is 1. The molecule has 1 amide bonds. The molecule has 1 aliphatic rings. The summed E-state index contributed by atoms with van der Waals surface area (Å²) in [6, 6.07) is 18.7. The second-order valence-electron chi connectivity index (χ2n) is 6.93. The molecule has 0 saturated carbocycles. The van der Waals surface area contributed by atoms with E-state index >= 15 is 0 Å². The highest BCUT2D eigenvalue weighted by atomic mass is 127. The molecule has 1 saturated heterocycles. The monoisotopic (exact) mass is 492 g/mol. The zero-order valence-corrected chi connectivity index (χ0v) is 18.9. The smallest absolute Gasteiger partial charge is 0.222 e. The Labute approximate surface area is 184 Å². The van der Waals surface area contributed by atoms with Gasteiger partial charge >= 0.3 is 0 Å². The van der Waals surface area contributed by atoms with E-state index in [-0.39, 0.29) is 29.9 Å². The first-order valence-corrected chi connectivity index (χ1v) is 9.47. The van der Waals surface area contributed by atoms with E-state index in [4.69, 9.17) is 0 Å². The Morgan fingerprint density at radius 1 is 1.11 bits per heavy atom. The Kier molecular flexibility index (Phi) is 8.76. The van der Waals surface area contributed by atoms with Crippen LogP contribution in [0.15, 0.2) is 59.6 Å². The predicted octanol–water partition coefficient (Wildman–Crippen LogP) is 3.63. The fourth-order valence-corrected chi connectivity index (χ4v) is 3.45. The van der Waals surface area contributed by atoms with Crippen molar-refractivity contribution in [3.05, 3.63) is 71.3 Å². The van der Waals surface area contributed by atoms with Crippen LogP contribution in [0.5, 0.6) is 0 Å². The van der Waals surface area contributed by atoms with Crippen LogP contribution < -0.4 is 5.32 Å². The van der Waals surface area contributed by atoms with E-state index in [1.165, 1.54) is 16.7 Å². The van der Waals surface area contributed by atoms with Gasteiger partial charge in [-0.05, 0) is 23.1 Å². The summed E-state index contributed by atoms with van der Waals surface area (Å²) >= 11 is 0. The van der Waals surface area contributed by atoms with Gasteiger partial charge in [0.25, 0.3) is 0 Å². The summed E-state index contributed by atoms with van der Waals surface area (Å²) < 4.78 is 0. The number of carbonyl (C=O) groups is 1. The lowest BCUT2D eigenvalue weighted by Gasteiger charge is -2.23. The maximum absolute atomic E-state index is 11.9. The minimum atomic E-state index is 0. The molecule has 2 aromatic carbocycles. The molecule has 1 N–H and O–H groups in total. The van der Waals surface area contributed by atoms with Crippen molar-refractivity contribution in [3.63, 3.8) is 0 Å². The maximum Gasteiger partial charge on any atom is 0.222 e. The van der Waals surface area contributed by atoms with Gasteiger partial charge in [0.05, 0.1) is 0 Å². The predicted molar refractivity (Wildman–Crippen MR) is 125 cm³/mol. The second kappa shape index (κ2) is 11.0. The Bertz CT molecular complexity index is 794. The van der Waals surface area contributed by atoms with Crippen LogP contribution in [0.4, 0.5) is 0 Å². The van der Waals surface area contributed by atoms with Crippen molar-refractivity contribution in [1.82, 2.24) is 15.1 Å². The Morgan fingerprint density at radius 2 is 1.79 bits per heavy atom. The molecule has 2 aromatic rings. The lowest BCUT2D eigenvalue weighted by Crippen LogP contribution is -2.38. The van der Waals surface area contributed by atoms with Crippen LogP contribution in [-0.2, 0) is 24.4 Å². The summed E-state index contributed by atoms with van der Waals surface area (Å²) in [5, 5.41) is 3.45. The molecule has 6 heteroatoms. The number of halogens is 1. The van der Waals surface area contributed by atoms with Crippen molar-refractivity contribution >= 4 is 35.8 Å². The molecule has 0 bridgehead atoms. The van der Waals surface area contributed by atoms with Crippen molar-refractivity contribution in [1.29, 1.82) is 0 Å². The van der Waals surface area contributed by atoms with Crippen molar-refractivity contribution in [2.24, 2.45) is 4.99 Å². The molecule has 0 aromatic heterocycles. The Morgan fingerprint density at radius 3 is 2.43 bits per heavy atom. The van der Waals surface area contributed by atoms with Crippen molar-refractivity contribution in [3.8, 4) is 0 Å². The lowest BCUT2D eigenvalue weighted by atomic mass is 10.1. The molecule has 150 valence electrons. The van der Waals surface area contributed by atoms with Crippen LogP contribution in [0.2, 0.25) is 0 Å². The maximum atomic E-state index is 11.9. The van der Waals surface area contributed by atoms with Crippen molar-refractivity contribution in [2.75, 3.05) is 20.6 Å². The van der Waals surface area contributed by atoms with Gasteiger partial charge in [-0.1, -0.05) is 54.6 Å². The molecule has 1 aliphatic heterocycles. The first-order valence-electron chi connectivity index (χ1n) is 9.47. The fraction of sp³-hybridized carbons (Fsp3) is 0.364. The highest BCUT2D eigenvalue weighted by Gasteiger charge is 2.20. The molecule has 0 atom stereocenters. The molecular formula is C22H29IN4O. The highest BCUT2D eigenvalue weighted by Crippen LogP contribution is 2.17. The van der Waals surface area contributed by atoms with E-state index in [1.54, 1.807) is 7.05 Å². The zero-order chi connectivity index (χ0) is 19.1. The number of carbonyl (C=O) groups excluding carboxylic acids is 1. The van der Waals surface area contributed by atoms with Gasteiger partial charge in [-0.25, -0.2) is 0 Å².